The summed E-state index contributed by atoms with van der Waals surface area (Å²) in [7, 11) is 5.48. The van der Waals surface area contributed by atoms with Crippen LogP contribution in [0.5, 0.6) is 0 Å². The maximum absolute atomic E-state index is 12.8. The highest BCUT2D eigenvalue weighted by Crippen LogP contribution is 2.38. The van der Waals surface area contributed by atoms with Gasteiger partial charge in [0.1, 0.15) is 0 Å². The number of rotatable bonds is 7. The van der Waals surface area contributed by atoms with Crippen molar-refractivity contribution in [2.24, 2.45) is 10.4 Å². The summed E-state index contributed by atoms with van der Waals surface area (Å²) in [5.41, 5.74) is 2.29. The van der Waals surface area contributed by atoms with E-state index in [-0.39, 0.29) is 11.3 Å². The molecule has 1 amide bonds. The van der Waals surface area contributed by atoms with E-state index in [1.807, 2.05) is 14.1 Å². The number of hydrogen-bond donors (Lipinski definition) is 2. The number of nitrogens with one attached hydrogen (secondary N) is 2. The van der Waals surface area contributed by atoms with Gasteiger partial charge in [0.25, 0.3) is 0 Å². The monoisotopic (exact) mass is 415 g/mol. The molecule has 1 aliphatic carbocycles. The van der Waals surface area contributed by atoms with Crippen molar-refractivity contribution in [1.29, 1.82) is 0 Å². The van der Waals surface area contributed by atoms with Gasteiger partial charge in [-0.15, -0.1) is 0 Å². The summed E-state index contributed by atoms with van der Waals surface area (Å²) in [5.74, 6) is 0.966. The van der Waals surface area contributed by atoms with Crippen molar-refractivity contribution in [2.45, 2.75) is 38.8 Å². The summed E-state index contributed by atoms with van der Waals surface area (Å²) in [6, 6.07) is 8.55. The number of aliphatic imine (C=N–C) groups is 1. The van der Waals surface area contributed by atoms with Crippen LogP contribution in [0.4, 0.5) is 0 Å². The number of hydrogen-bond acceptors (Lipinski definition) is 4. The Morgan fingerprint density at radius 1 is 1.13 bits per heavy atom. The number of benzene rings is 1. The van der Waals surface area contributed by atoms with Gasteiger partial charge in [0, 0.05) is 53.9 Å². The van der Waals surface area contributed by atoms with E-state index in [1.165, 1.54) is 11.1 Å². The van der Waals surface area contributed by atoms with Gasteiger partial charge in [-0.3, -0.25) is 14.7 Å². The molecule has 3 rings (SSSR count). The Bertz CT molecular complexity index is 722. The van der Waals surface area contributed by atoms with E-state index in [1.54, 1.807) is 11.9 Å². The van der Waals surface area contributed by atoms with Crippen LogP contribution in [0.15, 0.2) is 29.3 Å². The molecule has 1 saturated heterocycles. The lowest BCUT2D eigenvalue weighted by Gasteiger charge is -2.31. The predicted octanol–water partition coefficient (Wildman–Crippen LogP) is 1.83. The molecule has 2 fully saturated rings. The fraction of sp³-hybridized carbons (Fsp3) is 0.652. The second-order valence-electron chi connectivity index (χ2n) is 8.62. The molecule has 1 aliphatic heterocycles. The van der Waals surface area contributed by atoms with Gasteiger partial charge in [0.15, 0.2) is 5.96 Å². The molecular formula is C23H37N5O2. The van der Waals surface area contributed by atoms with Crippen LogP contribution >= 0.6 is 0 Å². The Morgan fingerprint density at radius 3 is 2.43 bits per heavy atom. The fourth-order valence-corrected chi connectivity index (χ4v) is 4.53. The summed E-state index contributed by atoms with van der Waals surface area (Å²) in [6.07, 6.45) is 4.11. The van der Waals surface area contributed by atoms with Crippen molar-refractivity contribution in [1.82, 2.24) is 20.4 Å². The molecule has 30 heavy (non-hydrogen) atoms. The molecule has 1 saturated carbocycles. The Morgan fingerprint density at radius 2 is 1.80 bits per heavy atom. The van der Waals surface area contributed by atoms with Crippen molar-refractivity contribution in [3.8, 4) is 0 Å². The summed E-state index contributed by atoms with van der Waals surface area (Å²) in [4.78, 5) is 21.3. The number of carbonyl (C=O) groups excluding carboxylic acids is 1. The van der Waals surface area contributed by atoms with Crippen molar-refractivity contribution in [3.05, 3.63) is 35.4 Å². The number of guanidine groups is 1. The van der Waals surface area contributed by atoms with E-state index in [2.05, 4.69) is 44.8 Å². The van der Waals surface area contributed by atoms with Crippen molar-refractivity contribution < 1.29 is 9.53 Å². The first-order valence-electron chi connectivity index (χ1n) is 11.1. The third-order valence-corrected chi connectivity index (χ3v) is 6.30. The van der Waals surface area contributed by atoms with Crippen LogP contribution in [-0.4, -0.2) is 75.7 Å². The van der Waals surface area contributed by atoms with Gasteiger partial charge in [-0.1, -0.05) is 37.1 Å². The molecule has 0 aromatic heterocycles. The highest BCUT2D eigenvalue weighted by atomic mass is 16.5. The highest BCUT2D eigenvalue weighted by molar-refractivity contribution is 5.85. The summed E-state index contributed by atoms with van der Waals surface area (Å²) < 4.78 is 5.46. The Kier molecular flexibility index (Phi) is 8.10. The van der Waals surface area contributed by atoms with Gasteiger partial charge in [-0.05, 0) is 24.0 Å². The van der Waals surface area contributed by atoms with Crippen LogP contribution in [0.1, 0.15) is 36.8 Å². The normalized spacial score (nSPS) is 19.5. The molecular weight excluding hydrogens is 378 g/mol. The van der Waals surface area contributed by atoms with Crippen LogP contribution in [0.2, 0.25) is 0 Å². The molecule has 2 N–H and O–H groups in total. The molecule has 7 nitrogen and oxygen atoms in total. The zero-order chi connectivity index (χ0) is 21.4. The quantitative estimate of drug-likeness (QED) is 0.525. The van der Waals surface area contributed by atoms with Crippen molar-refractivity contribution >= 4 is 11.9 Å². The van der Waals surface area contributed by atoms with Gasteiger partial charge in [-0.25, -0.2) is 0 Å². The largest absolute Gasteiger partial charge is 0.379 e. The zero-order valence-electron chi connectivity index (χ0n) is 18.7. The lowest BCUT2D eigenvalue weighted by atomic mass is 9.84. The van der Waals surface area contributed by atoms with E-state index in [4.69, 9.17) is 4.74 Å². The second-order valence-corrected chi connectivity index (χ2v) is 8.62. The minimum absolute atomic E-state index is 0.221. The average Bonchev–Trinajstić information content (AvgIpc) is 3.25. The third kappa shape index (κ3) is 5.73. The van der Waals surface area contributed by atoms with E-state index >= 15 is 0 Å². The van der Waals surface area contributed by atoms with Crippen molar-refractivity contribution in [2.75, 3.05) is 54.0 Å². The lowest BCUT2D eigenvalue weighted by molar-refractivity contribution is -0.138. The standard InChI is InChI=1S/C23H37N5O2/c1-24-22(26-18-23(10-6-7-11-23)21(29)27(2)3)25-16-19-8-4-5-9-20(19)17-28-12-14-30-15-13-28/h4-5,8-9H,6-7,10-18H2,1-3H3,(H2,24,25,26). The van der Waals surface area contributed by atoms with E-state index in [9.17, 15) is 4.79 Å². The van der Waals surface area contributed by atoms with Gasteiger partial charge >= 0.3 is 0 Å². The molecule has 7 heteroatoms. The van der Waals surface area contributed by atoms with E-state index in [0.29, 0.717) is 13.1 Å². The van der Waals surface area contributed by atoms with Crippen LogP contribution in [0.3, 0.4) is 0 Å². The third-order valence-electron chi connectivity index (χ3n) is 6.30. The molecule has 0 radical (unpaired) electrons. The van der Waals surface area contributed by atoms with Crippen molar-refractivity contribution in [3.63, 3.8) is 0 Å². The van der Waals surface area contributed by atoms with Crippen LogP contribution < -0.4 is 10.6 Å². The molecule has 0 atom stereocenters. The first-order valence-corrected chi connectivity index (χ1v) is 11.1. The first-order chi connectivity index (χ1) is 14.5. The SMILES string of the molecule is CN=C(NCc1ccccc1CN1CCOCC1)NCC1(C(=O)N(C)C)CCCC1. The number of morpholine rings is 1. The summed E-state index contributed by atoms with van der Waals surface area (Å²) in [6.45, 7) is 5.84. The molecule has 0 unspecified atom stereocenters. The highest BCUT2D eigenvalue weighted by Gasteiger charge is 2.42. The van der Waals surface area contributed by atoms with E-state index in [0.717, 1.165) is 64.5 Å². The Balaban J connectivity index is 1.57. The molecule has 0 bridgehead atoms. The summed E-state index contributed by atoms with van der Waals surface area (Å²) in [5, 5.41) is 6.87. The minimum Gasteiger partial charge on any atom is -0.379 e. The average molecular weight is 416 g/mol. The lowest BCUT2D eigenvalue weighted by Crippen LogP contribution is -2.49. The predicted molar refractivity (Wildman–Crippen MR) is 120 cm³/mol. The van der Waals surface area contributed by atoms with Gasteiger partial charge in [0.2, 0.25) is 5.91 Å². The first kappa shape index (κ1) is 22.6. The number of nitrogens with zero attached hydrogens (tertiary/aromatic N) is 3. The van der Waals surface area contributed by atoms with Crippen LogP contribution in [-0.2, 0) is 22.6 Å². The molecule has 2 aliphatic rings. The van der Waals surface area contributed by atoms with Gasteiger partial charge in [0.05, 0.1) is 18.6 Å². The van der Waals surface area contributed by atoms with Gasteiger partial charge < -0.3 is 20.3 Å². The fourth-order valence-electron chi connectivity index (χ4n) is 4.53. The Hall–Kier alpha value is -2.12. The van der Waals surface area contributed by atoms with Crippen LogP contribution in [0.25, 0.3) is 0 Å². The zero-order valence-corrected chi connectivity index (χ0v) is 18.7. The molecule has 0 spiro atoms. The van der Waals surface area contributed by atoms with Gasteiger partial charge in [-0.2, -0.15) is 0 Å². The maximum atomic E-state index is 12.8. The molecule has 1 heterocycles. The second kappa shape index (κ2) is 10.8. The van der Waals surface area contributed by atoms with Crippen LogP contribution in [0, 0.1) is 5.41 Å². The minimum atomic E-state index is -0.310. The molecule has 166 valence electrons. The maximum Gasteiger partial charge on any atom is 0.230 e. The number of amides is 1. The smallest absolute Gasteiger partial charge is 0.230 e. The molecule has 1 aromatic carbocycles. The molecule has 1 aromatic rings. The number of carbonyl (C=O) groups is 1. The number of ether oxygens (including phenoxy) is 1. The topological polar surface area (TPSA) is 69.2 Å². The van der Waals surface area contributed by atoms with E-state index < -0.39 is 0 Å². The Labute approximate surface area is 180 Å². The summed E-state index contributed by atoms with van der Waals surface area (Å²) >= 11 is 0.